The lowest BCUT2D eigenvalue weighted by Crippen LogP contribution is -2.29. The van der Waals surface area contributed by atoms with Crippen molar-refractivity contribution >= 4 is 23.2 Å². The van der Waals surface area contributed by atoms with Gasteiger partial charge in [0, 0.05) is 22.4 Å². The van der Waals surface area contributed by atoms with Crippen LogP contribution in [-0.4, -0.2) is 4.98 Å². The molecule has 1 aromatic heterocycles. The van der Waals surface area contributed by atoms with Crippen molar-refractivity contribution in [2.45, 2.75) is 12.5 Å². The average Bonchev–Trinajstić information content (AvgIpc) is 2.38. The van der Waals surface area contributed by atoms with E-state index in [2.05, 4.69) is 10.4 Å². The Labute approximate surface area is 116 Å². The summed E-state index contributed by atoms with van der Waals surface area (Å²) >= 11 is 12.1. The molecule has 0 aliphatic rings. The maximum Gasteiger partial charge on any atom is 0.0515 e. The number of nitrogens with zero attached hydrogens (tertiary/aromatic N) is 1. The summed E-state index contributed by atoms with van der Waals surface area (Å²) in [7, 11) is 0. The van der Waals surface area contributed by atoms with Crippen LogP contribution in [0.2, 0.25) is 10.0 Å². The molecule has 1 aromatic carbocycles. The molecule has 2 rings (SSSR count). The Morgan fingerprint density at radius 3 is 2.72 bits per heavy atom. The summed E-state index contributed by atoms with van der Waals surface area (Å²) in [4.78, 5) is 4.08. The lowest BCUT2D eigenvalue weighted by Gasteiger charge is -2.17. The van der Waals surface area contributed by atoms with Gasteiger partial charge in [-0.05, 0) is 35.7 Å². The number of hydrogen-bond acceptors (Lipinski definition) is 3. The number of hydrazine groups is 1. The monoisotopic (exact) mass is 281 g/mol. The quantitative estimate of drug-likeness (QED) is 0.669. The van der Waals surface area contributed by atoms with E-state index in [-0.39, 0.29) is 6.04 Å². The number of nitrogens with two attached hydrogens (primary N) is 1. The van der Waals surface area contributed by atoms with Crippen molar-refractivity contribution in [3.63, 3.8) is 0 Å². The van der Waals surface area contributed by atoms with Crippen molar-refractivity contribution in [2.24, 2.45) is 5.84 Å². The standard InChI is InChI=1S/C13H13Cl2N3/c14-10-3-4-11(12(15)7-10)13(18-16)6-9-2-1-5-17-8-9/h1-5,7-8,13,18H,6,16H2. The van der Waals surface area contributed by atoms with Gasteiger partial charge in [0.05, 0.1) is 6.04 Å². The molecule has 0 saturated carbocycles. The first-order valence-electron chi connectivity index (χ1n) is 5.50. The molecule has 0 saturated heterocycles. The first-order chi connectivity index (χ1) is 8.70. The molecule has 1 unspecified atom stereocenters. The van der Waals surface area contributed by atoms with Crippen LogP contribution < -0.4 is 11.3 Å². The van der Waals surface area contributed by atoms with E-state index >= 15 is 0 Å². The molecule has 0 bridgehead atoms. The molecule has 0 aliphatic heterocycles. The maximum atomic E-state index is 6.17. The van der Waals surface area contributed by atoms with E-state index in [0.29, 0.717) is 16.5 Å². The molecule has 0 spiro atoms. The largest absolute Gasteiger partial charge is 0.271 e. The molecular weight excluding hydrogens is 269 g/mol. The van der Waals surface area contributed by atoms with Crippen LogP contribution >= 0.6 is 23.2 Å². The number of rotatable bonds is 4. The van der Waals surface area contributed by atoms with Crippen LogP contribution in [0.5, 0.6) is 0 Å². The van der Waals surface area contributed by atoms with Gasteiger partial charge in [-0.2, -0.15) is 0 Å². The van der Waals surface area contributed by atoms with Gasteiger partial charge in [0.1, 0.15) is 0 Å². The topological polar surface area (TPSA) is 50.9 Å². The molecule has 0 radical (unpaired) electrons. The molecule has 1 heterocycles. The van der Waals surface area contributed by atoms with E-state index in [4.69, 9.17) is 29.0 Å². The summed E-state index contributed by atoms with van der Waals surface area (Å²) in [6.45, 7) is 0. The fourth-order valence-electron chi connectivity index (χ4n) is 1.80. The van der Waals surface area contributed by atoms with E-state index in [1.165, 1.54) is 0 Å². The number of pyridine rings is 1. The molecule has 94 valence electrons. The molecule has 0 aliphatic carbocycles. The summed E-state index contributed by atoms with van der Waals surface area (Å²) in [5.41, 5.74) is 4.78. The van der Waals surface area contributed by atoms with E-state index in [9.17, 15) is 0 Å². The number of halogens is 2. The molecule has 0 amide bonds. The molecule has 0 fully saturated rings. The minimum atomic E-state index is -0.0704. The van der Waals surface area contributed by atoms with Gasteiger partial charge >= 0.3 is 0 Å². The molecule has 3 nitrogen and oxygen atoms in total. The second kappa shape index (κ2) is 6.16. The average molecular weight is 282 g/mol. The molecule has 18 heavy (non-hydrogen) atoms. The van der Waals surface area contributed by atoms with Crippen LogP contribution in [0.15, 0.2) is 42.7 Å². The smallest absolute Gasteiger partial charge is 0.0515 e. The van der Waals surface area contributed by atoms with E-state index in [1.54, 1.807) is 18.3 Å². The third-order valence-corrected chi connectivity index (χ3v) is 3.26. The lowest BCUT2D eigenvalue weighted by molar-refractivity contribution is 0.551. The Morgan fingerprint density at radius 2 is 2.11 bits per heavy atom. The Bertz CT molecular complexity index is 517. The minimum Gasteiger partial charge on any atom is -0.271 e. The predicted molar refractivity (Wildman–Crippen MR) is 74.5 cm³/mol. The zero-order valence-corrected chi connectivity index (χ0v) is 11.1. The van der Waals surface area contributed by atoms with Gasteiger partial charge in [0.2, 0.25) is 0 Å². The summed E-state index contributed by atoms with van der Waals surface area (Å²) in [5.74, 6) is 5.60. The first kappa shape index (κ1) is 13.3. The van der Waals surface area contributed by atoms with Gasteiger partial charge < -0.3 is 0 Å². The predicted octanol–water partition coefficient (Wildman–Crippen LogP) is 3.14. The number of aromatic nitrogens is 1. The minimum absolute atomic E-state index is 0.0704. The van der Waals surface area contributed by atoms with E-state index < -0.39 is 0 Å². The number of benzene rings is 1. The molecule has 3 N–H and O–H groups in total. The van der Waals surface area contributed by atoms with Crippen LogP contribution in [0, 0.1) is 0 Å². The Morgan fingerprint density at radius 1 is 1.28 bits per heavy atom. The van der Waals surface area contributed by atoms with Crippen molar-refractivity contribution in [3.05, 3.63) is 63.9 Å². The Hall–Kier alpha value is -1.13. The SMILES string of the molecule is NNC(Cc1cccnc1)c1ccc(Cl)cc1Cl. The summed E-state index contributed by atoms with van der Waals surface area (Å²) in [6, 6.07) is 9.22. The number of nitrogens with one attached hydrogen (secondary N) is 1. The van der Waals surface area contributed by atoms with Gasteiger partial charge in [-0.1, -0.05) is 35.3 Å². The highest BCUT2D eigenvalue weighted by molar-refractivity contribution is 6.35. The second-order valence-electron chi connectivity index (χ2n) is 3.95. The zero-order chi connectivity index (χ0) is 13.0. The second-order valence-corrected chi connectivity index (χ2v) is 4.79. The van der Waals surface area contributed by atoms with Crippen molar-refractivity contribution in [1.82, 2.24) is 10.4 Å². The zero-order valence-electron chi connectivity index (χ0n) is 9.61. The lowest BCUT2D eigenvalue weighted by atomic mass is 10.0. The number of hydrogen-bond donors (Lipinski definition) is 2. The fourth-order valence-corrected chi connectivity index (χ4v) is 2.34. The van der Waals surface area contributed by atoms with Gasteiger partial charge in [0.15, 0.2) is 0 Å². The van der Waals surface area contributed by atoms with Crippen molar-refractivity contribution in [3.8, 4) is 0 Å². The van der Waals surface area contributed by atoms with Gasteiger partial charge in [-0.15, -0.1) is 0 Å². The van der Waals surface area contributed by atoms with Crippen LogP contribution in [-0.2, 0) is 6.42 Å². The highest BCUT2D eigenvalue weighted by Crippen LogP contribution is 2.27. The van der Waals surface area contributed by atoms with E-state index in [0.717, 1.165) is 11.1 Å². The highest BCUT2D eigenvalue weighted by Gasteiger charge is 2.14. The summed E-state index contributed by atoms with van der Waals surface area (Å²) in [5, 5.41) is 1.22. The molecular formula is C13H13Cl2N3. The Balaban J connectivity index is 2.23. The summed E-state index contributed by atoms with van der Waals surface area (Å²) < 4.78 is 0. The fraction of sp³-hybridized carbons (Fsp3) is 0.154. The van der Waals surface area contributed by atoms with Gasteiger partial charge in [0.25, 0.3) is 0 Å². The molecule has 5 heteroatoms. The van der Waals surface area contributed by atoms with Crippen molar-refractivity contribution in [1.29, 1.82) is 0 Å². The summed E-state index contributed by atoms with van der Waals surface area (Å²) in [6.07, 6.45) is 4.27. The first-order valence-corrected chi connectivity index (χ1v) is 6.26. The van der Waals surface area contributed by atoms with Gasteiger partial charge in [-0.25, -0.2) is 0 Å². The normalized spacial score (nSPS) is 12.4. The Kier molecular flexibility index (Phi) is 4.55. The van der Waals surface area contributed by atoms with Crippen LogP contribution in [0.1, 0.15) is 17.2 Å². The van der Waals surface area contributed by atoms with Gasteiger partial charge in [-0.3, -0.25) is 16.3 Å². The maximum absolute atomic E-state index is 6.17. The molecule has 2 aromatic rings. The van der Waals surface area contributed by atoms with E-state index in [1.807, 2.05) is 24.4 Å². The highest BCUT2D eigenvalue weighted by atomic mass is 35.5. The third kappa shape index (κ3) is 3.21. The molecule has 1 atom stereocenters. The van der Waals surface area contributed by atoms with Crippen molar-refractivity contribution < 1.29 is 0 Å². The van der Waals surface area contributed by atoms with Crippen molar-refractivity contribution in [2.75, 3.05) is 0 Å². The van der Waals surface area contributed by atoms with Crippen LogP contribution in [0.25, 0.3) is 0 Å². The van der Waals surface area contributed by atoms with Crippen LogP contribution in [0.3, 0.4) is 0 Å². The van der Waals surface area contributed by atoms with Crippen LogP contribution in [0.4, 0.5) is 0 Å². The third-order valence-electron chi connectivity index (χ3n) is 2.70.